The van der Waals surface area contributed by atoms with E-state index in [0.29, 0.717) is 5.92 Å². The average molecular weight is 230 g/mol. The van der Waals surface area contributed by atoms with Crippen LogP contribution in [-0.2, 0) is 0 Å². The van der Waals surface area contributed by atoms with E-state index in [-0.39, 0.29) is 0 Å². The first-order chi connectivity index (χ1) is 5.86. The highest BCUT2D eigenvalue weighted by Crippen LogP contribution is 2.26. The van der Waals surface area contributed by atoms with Gasteiger partial charge in [0.15, 0.2) is 0 Å². The molecule has 66 valence electrons. The average Bonchev–Trinajstić information content (AvgIpc) is 2.54. The van der Waals surface area contributed by atoms with Crippen LogP contribution in [-0.4, -0.2) is 13.1 Å². The van der Waals surface area contributed by atoms with Crippen molar-refractivity contribution in [2.45, 2.75) is 18.8 Å². The van der Waals surface area contributed by atoms with E-state index in [2.05, 4.69) is 27.3 Å². The van der Waals surface area contributed by atoms with Gasteiger partial charge in [0.2, 0.25) is 0 Å². The van der Waals surface area contributed by atoms with Crippen molar-refractivity contribution in [3.63, 3.8) is 0 Å². The van der Waals surface area contributed by atoms with Crippen molar-refractivity contribution >= 4 is 15.9 Å². The van der Waals surface area contributed by atoms with Crippen molar-refractivity contribution in [3.05, 3.63) is 22.6 Å². The second-order valence-corrected chi connectivity index (χ2v) is 4.13. The van der Waals surface area contributed by atoms with Gasteiger partial charge in [-0.15, -0.1) is 0 Å². The van der Waals surface area contributed by atoms with Crippen molar-refractivity contribution in [2.24, 2.45) is 0 Å². The lowest BCUT2D eigenvalue weighted by molar-refractivity contribution is 0.388. The smallest absolute Gasteiger partial charge is 0.109 e. The molecule has 0 aliphatic carbocycles. The van der Waals surface area contributed by atoms with Crippen molar-refractivity contribution < 1.29 is 4.42 Å². The Hall–Kier alpha value is -0.280. The molecule has 12 heavy (non-hydrogen) atoms. The highest BCUT2D eigenvalue weighted by molar-refractivity contribution is 9.10. The summed E-state index contributed by atoms with van der Waals surface area (Å²) >= 11 is 3.38. The van der Waals surface area contributed by atoms with E-state index >= 15 is 0 Å². The molecule has 2 rings (SSSR count). The molecule has 1 saturated heterocycles. The number of furan rings is 1. The fraction of sp³-hybridized carbons (Fsp3) is 0.556. The van der Waals surface area contributed by atoms with Gasteiger partial charge in [0.05, 0.1) is 4.47 Å². The largest absolute Gasteiger partial charge is 0.468 e. The van der Waals surface area contributed by atoms with E-state index in [1.807, 2.05) is 0 Å². The molecule has 0 saturated carbocycles. The third kappa shape index (κ3) is 1.72. The number of piperidine rings is 1. The third-order valence-corrected chi connectivity index (χ3v) is 2.70. The first-order valence-electron chi connectivity index (χ1n) is 4.31. The van der Waals surface area contributed by atoms with Gasteiger partial charge in [-0.05, 0) is 41.4 Å². The van der Waals surface area contributed by atoms with E-state index in [0.717, 1.165) is 23.3 Å². The van der Waals surface area contributed by atoms with Crippen LogP contribution in [0.5, 0.6) is 0 Å². The minimum atomic E-state index is 0.574. The summed E-state index contributed by atoms with van der Waals surface area (Å²) in [4.78, 5) is 0. The second-order valence-electron chi connectivity index (χ2n) is 3.21. The summed E-state index contributed by atoms with van der Waals surface area (Å²) in [6, 6.07) is 2.07. The summed E-state index contributed by atoms with van der Waals surface area (Å²) in [5.74, 6) is 1.68. The van der Waals surface area contributed by atoms with Gasteiger partial charge >= 0.3 is 0 Å². The first kappa shape index (κ1) is 8.32. The van der Waals surface area contributed by atoms with Crippen LogP contribution in [0.25, 0.3) is 0 Å². The van der Waals surface area contributed by atoms with Crippen molar-refractivity contribution in [2.75, 3.05) is 13.1 Å². The second kappa shape index (κ2) is 3.62. The number of rotatable bonds is 1. The molecule has 1 aromatic rings. The van der Waals surface area contributed by atoms with Crippen LogP contribution in [0.4, 0.5) is 0 Å². The molecule has 0 spiro atoms. The minimum absolute atomic E-state index is 0.574. The maximum Gasteiger partial charge on any atom is 0.109 e. The summed E-state index contributed by atoms with van der Waals surface area (Å²) in [6.07, 6.45) is 4.25. The minimum Gasteiger partial charge on any atom is -0.468 e. The van der Waals surface area contributed by atoms with Gasteiger partial charge in [0, 0.05) is 12.5 Å². The molecule has 3 heteroatoms. The molecule has 1 atom stereocenters. The molecule has 1 N–H and O–H groups in total. The lowest BCUT2D eigenvalue weighted by Gasteiger charge is -2.20. The lowest BCUT2D eigenvalue weighted by Crippen LogP contribution is -2.28. The van der Waals surface area contributed by atoms with Gasteiger partial charge in [0.1, 0.15) is 12.0 Å². The quantitative estimate of drug-likeness (QED) is 0.801. The Balaban J connectivity index is 2.08. The molecule has 1 aromatic heterocycles. The van der Waals surface area contributed by atoms with Gasteiger partial charge in [0.25, 0.3) is 0 Å². The summed E-state index contributed by atoms with van der Waals surface area (Å²) in [6.45, 7) is 2.21. The molecule has 1 fully saturated rings. The number of nitrogens with one attached hydrogen (secondary N) is 1. The zero-order valence-electron chi connectivity index (χ0n) is 6.85. The maximum absolute atomic E-state index is 5.42. The van der Waals surface area contributed by atoms with Gasteiger partial charge in [-0.3, -0.25) is 0 Å². The van der Waals surface area contributed by atoms with Crippen LogP contribution in [0.1, 0.15) is 24.5 Å². The maximum atomic E-state index is 5.42. The Labute approximate surface area is 80.5 Å². The van der Waals surface area contributed by atoms with E-state index in [1.54, 1.807) is 6.26 Å². The van der Waals surface area contributed by atoms with Gasteiger partial charge in [-0.25, -0.2) is 0 Å². The van der Waals surface area contributed by atoms with Crippen LogP contribution in [0.15, 0.2) is 21.2 Å². The molecule has 0 bridgehead atoms. The van der Waals surface area contributed by atoms with E-state index < -0.39 is 0 Å². The zero-order chi connectivity index (χ0) is 8.39. The molecule has 2 heterocycles. The van der Waals surface area contributed by atoms with Crippen molar-refractivity contribution in [3.8, 4) is 0 Å². The normalized spacial score (nSPS) is 24.2. The zero-order valence-corrected chi connectivity index (χ0v) is 8.43. The van der Waals surface area contributed by atoms with Crippen LogP contribution in [0, 0.1) is 0 Å². The van der Waals surface area contributed by atoms with Gasteiger partial charge in [-0.2, -0.15) is 0 Å². The van der Waals surface area contributed by atoms with Gasteiger partial charge in [-0.1, -0.05) is 0 Å². The van der Waals surface area contributed by atoms with Crippen LogP contribution in [0.3, 0.4) is 0 Å². The molecule has 1 aliphatic rings. The molecule has 2 nitrogen and oxygen atoms in total. The Morgan fingerprint density at radius 2 is 2.50 bits per heavy atom. The Morgan fingerprint density at radius 1 is 1.58 bits per heavy atom. The van der Waals surface area contributed by atoms with E-state index in [9.17, 15) is 0 Å². The first-order valence-corrected chi connectivity index (χ1v) is 5.10. The highest BCUT2D eigenvalue weighted by atomic mass is 79.9. The summed E-state index contributed by atoms with van der Waals surface area (Å²) in [5.41, 5.74) is 0. The molecule has 1 unspecified atom stereocenters. The number of halogens is 1. The summed E-state index contributed by atoms with van der Waals surface area (Å²) < 4.78 is 6.46. The molecule has 0 aromatic carbocycles. The van der Waals surface area contributed by atoms with Crippen LogP contribution < -0.4 is 5.32 Å². The monoisotopic (exact) mass is 229 g/mol. The highest BCUT2D eigenvalue weighted by Gasteiger charge is 2.17. The molecular weight excluding hydrogens is 218 g/mol. The molecular formula is C9H12BrNO. The lowest BCUT2D eigenvalue weighted by atomic mass is 9.97. The summed E-state index contributed by atoms with van der Waals surface area (Å²) in [7, 11) is 0. The fourth-order valence-electron chi connectivity index (χ4n) is 1.64. The Bertz CT molecular complexity index is 253. The van der Waals surface area contributed by atoms with Crippen molar-refractivity contribution in [1.29, 1.82) is 0 Å². The topological polar surface area (TPSA) is 25.2 Å². The predicted molar refractivity (Wildman–Crippen MR) is 51.3 cm³/mol. The van der Waals surface area contributed by atoms with Crippen molar-refractivity contribution in [1.82, 2.24) is 5.32 Å². The van der Waals surface area contributed by atoms with E-state index in [1.165, 1.54) is 12.8 Å². The molecule has 0 radical (unpaired) electrons. The third-order valence-electron chi connectivity index (χ3n) is 2.29. The molecule has 0 amide bonds. The fourth-order valence-corrected chi connectivity index (χ4v) is 1.96. The number of hydrogen-bond acceptors (Lipinski definition) is 2. The Kier molecular flexibility index (Phi) is 2.51. The Morgan fingerprint density at radius 3 is 3.08 bits per heavy atom. The number of hydrogen-bond donors (Lipinski definition) is 1. The summed E-state index contributed by atoms with van der Waals surface area (Å²) in [5, 5.41) is 3.37. The standard InChI is InChI=1S/C9H12BrNO/c10-8-4-9(12-6-8)7-2-1-3-11-5-7/h4,6-7,11H,1-3,5H2. The SMILES string of the molecule is Brc1coc(C2CCCNC2)c1. The van der Waals surface area contributed by atoms with E-state index in [4.69, 9.17) is 4.42 Å². The van der Waals surface area contributed by atoms with Gasteiger partial charge < -0.3 is 9.73 Å². The van der Waals surface area contributed by atoms with Crippen LogP contribution >= 0.6 is 15.9 Å². The predicted octanol–water partition coefficient (Wildman–Crippen LogP) is 2.51. The molecule has 1 aliphatic heterocycles. The van der Waals surface area contributed by atoms with Crippen LogP contribution in [0.2, 0.25) is 0 Å².